The zero-order chi connectivity index (χ0) is 10.8. The van der Waals surface area contributed by atoms with E-state index in [0.717, 1.165) is 22.0 Å². The van der Waals surface area contributed by atoms with Crippen molar-refractivity contribution in [3.63, 3.8) is 0 Å². The average molecular weight is 217 g/mol. The van der Waals surface area contributed by atoms with E-state index in [1.54, 1.807) is 6.26 Å². The van der Waals surface area contributed by atoms with Crippen LogP contribution in [0.1, 0.15) is 10.4 Å². The van der Waals surface area contributed by atoms with Crippen molar-refractivity contribution < 1.29 is 4.79 Å². The molecule has 2 N–H and O–H groups in total. The van der Waals surface area contributed by atoms with Gasteiger partial charge in [-0.05, 0) is 41.3 Å². The molecule has 15 heavy (non-hydrogen) atoms. The molecule has 0 saturated carbocycles. The fourth-order valence-electron chi connectivity index (χ4n) is 1.51. The molecule has 76 valence electrons. The number of carbonyl (C=O) groups excluding carboxylic acids is 1. The molecule has 0 aliphatic heterocycles. The van der Waals surface area contributed by atoms with Crippen LogP contribution in [-0.4, -0.2) is 11.4 Å². The summed E-state index contributed by atoms with van der Waals surface area (Å²) in [5, 5.41) is 2.20. The van der Waals surface area contributed by atoms with Crippen LogP contribution in [0.2, 0.25) is 0 Å². The van der Waals surface area contributed by atoms with Crippen molar-refractivity contribution in [2.75, 3.05) is 12.0 Å². The van der Waals surface area contributed by atoms with Crippen molar-refractivity contribution in [1.82, 2.24) is 0 Å². The molecule has 0 spiro atoms. The molecule has 0 fully saturated rings. The highest BCUT2D eigenvalue weighted by Gasteiger charge is 2.04. The van der Waals surface area contributed by atoms with Crippen molar-refractivity contribution in [2.45, 2.75) is 0 Å². The summed E-state index contributed by atoms with van der Waals surface area (Å²) in [6.45, 7) is 0. The number of hydrogen-bond donors (Lipinski definition) is 1. The lowest BCUT2D eigenvalue weighted by Gasteiger charge is -2.02. The molecule has 0 saturated heterocycles. The highest BCUT2D eigenvalue weighted by Crippen LogP contribution is 2.20. The maximum Gasteiger partial charge on any atom is 0.219 e. The van der Waals surface area contributed by atoms with Gasteiger partial charge in [0.25, 0.3) is 0 Å². The Bertz CT molecular complexity index is 522. The maximum absolute atomic E-state index is 11.5. The van der Waals surface area contributed by atoms with Gasteiger partial charge in [-0.3, -0.25) is 4.79 Å². The van der Waals surface area contributed by atoms with Gasteiger partial charge >= 0.3 is 0 Å². The third-order valence-corrected chi connectivity index (χ3v) is 2.89. The molecule has 0 atom stereocenters. The van der Waals surface area contributed by atoms with Gasteiger partial charge in [0.2, 0.25) is 5.12 Å². The summed E-state index contributed by atoms with van der Waals surface area (Å²) in [6, 6.07) is 11.3. The van der Waals surface area contributed by atoms with Crippen molar-refractivity contribution in [3.05, 3.63) is 42.0 Å². The molecule has 2 aromatic carbocycles. The maximum atomic E-state index is 11.5. The lowest BCUT2D eigenvalue weighted by molar-refractivity contribution is 0.108. The molecule has 0 bridgehead atoms. The van der Waals surface area contributed by atoms with Crippen molar-refractivity contribution in [2.24, 2.45) is 0 Å². The van der Waals surface area contributed by atoms with E-state index in [-0.39, 0.29) is 5.12 Å². The van der Waals surface area contributed by atoms with Gasteiger partial charge in [-0.15, -0.1) is 0 Å². The van der Waals surface area contributed by atoms with E-state index in [4.69, 9.17) is 5.73 Å². The first kappa shape index (κ1) is 10.1. The highest BCUT2D eigenvalue weighted by molar-refractivity contribution is 8.13. The summed E-state index contributed by atoms with van der Waals surface area (Å²) in [5.74, 6) is 0. The second kappa shape index (κ2) is 3.95. The Kier molecular flexibility index (Phi) is 2.64. The van der Waals surface area contributed by atoms with Gasteiger partial charge in [0.1, 0.15) is 0 Å². The summed E-state index contributed by atoms with van der Waals surface area (Å²) in [7, 11) is 0. The van der Waals surface area contributed by atoms with Gasteiger partial charge in [0.05, 0.1) is 0 Å². The summed E-state index contributed by atoms with van der Waals surface area (Å²) >= 11 is 1.23. The van der Waals surface area contributed by atoms with E-state index in [1.807, 2.05) is 36.4 Å². The molecule has 2 aromatic rings. The SMILES string of the molecule is CSC(=O)c1ccc2cc(N)ccc2c1. The van der Waals surface area contributed by atoms with Crippen LogP contribution >= 0.6 is 11.8 Å². The molecule has 0 heterocycles. The van der Waals surface area contributed by atoms with Crippen LogP contribution in [0.5, 0.6) is 0 Å². The highest BCUT2D eigenvalue weighted by atomic mass is 32.2. The van der Waals surface area contributed by atoms with Crippen LogP contribution in [0.25, 0.3) is 10.8 Å². The molecule has 0 amide bonds. The summed E-state index contributed by atoms with van der Waals surface area (Å²) < 4.78 is 0. The van der Waals surface area contributed by atoms with Crippen LogP contribution in [0.3, 0.4) is 0 Å². The minimum atomic E-state index is 0.0914. The molecule has 0 radical (unpaired) electrons. The molecular formula is C12H11NOS. The zero-order valence-corrected chi connectivity index (χ0v) is 9.17. The van der Waals surface area contributed by atoms with E-state index in [2.05, 4.69) is 0 Å². The van der Waals surface area contributed by atoms with Crippen molar-refractivity contribution in [3.8, 4) is 0 Å². The van der Waals surface area contributed by atoms with E-state index < -0.39 is 0 Å². The first-order chi connectivity index (χ1) is 7.20. The molecule has 0 aliphatic carbocycles. The summed E-state index contributed by atoms with van der Waals surface area (Å²) in [4.78, 5) is 11.5. The number of benzene rings is 2. The van der Waals surface area contributed by atoms with E-state index in [9.17, 15) is 4.79 Å². The van der Waals surface area contributed by atoms with Gasteiger partial charge in [0.15, 0.2) is 0 Å². The topological polar surface area (TPSA) is 43.1 Å². The zero-order valence-electron chi connectivity index (χ0n) is 8.36. The molecule has 2 nitrogen and oxygen atoms in total. The van der Waals surface area contributed by atoms with Crippen molar-refractivity contribution >= 4 is 33.3 Å². The fraction of sp³-hybridized carbons (Fsp3) is 0.0833. The van der Waals surface area contributed by atoms with E-state index in [1.165, 1.54) is 11.8 Å². The van der Waals surface area contributed by atoms with Gasteiger partial charge in [0, 0.05) is 11.3 Å². The Morgan fingerprint density at radius 1 is 1.13 bits per heavy atom. The number of rotatable bonds is 1. The quantitative estimate of drug-likeness (QED) is 0.747. The molecule has 0 aromatic heterocycles. The number of thioether (sulfide) groups is 1. The average Bonchev–Trinajstić information content (AvgIpc) is 2.27. The third-order valence-electron chi connectivity index (χ3n) is 2.29. The number of nitrogen functional groups attached to an aromatic ring is 1. The van der Waals surface area contributed by atoms with Crippen LogP contribution in [0.15, 0.2) is 36.4 Å². The van der Waals surface area contributed by atoms with E-state index >= 15 is 0 Å². The van der Waals surface area contributed by atoms with Crippen molar-refractivity contribution in [1.29, 1.82) is 0 Å². The molecule has 3 heteroatoms. The summed E-state index contributed by atoms with van der Waals surface area (Å²) in [6.07, 6.45) is 1.79. The normalized spacial score (nSPS) is 10.5. The fourth-order valence-corrected chi connectivity index (χ4v) is 1.87. The lowest BCUT2D eigenvalue weighted by atomic mass is 10.1. The monoisotopic (exact) mass is 217 g/mol. The first-order valence-corrected chi connectivity index (χ1v) is 5.81. The Morgan fingerprint density at radius 2 is 1.80 bits per heavy atom. The predicted molar refractivity (Wildman–Crippen MR) is 66.2 cm³/mol. The van der Waals surface area contributed by atoms with Crippen LogP contribution in [0.4, 0.5) is 5.69 Å². The third kappa shape index (κ3) is 1.97. The molecule has 0 aliphatic rings. The largest absolute Gasteiger partial charge is 0.399 e. The van der Waals surface area contributed by atoms with Gasteiger partial charge < -0.3 is 5.73 Å². The Labute approximate surface area is 92.5 Å². The molecular weight excluding hydrogens is 206 g/mol. The second-order valence-electron chi connectivity index (χ2n) is 3.31. The van der Waals surface area contributed by atoms with E-state index in [0.29, 0.717) is 0 Å². The second-order valence-corrected chi connectivity index (χ2v) is 4.09. The number of fused-ring (bicyclic) bond motifs is 1. The van der Waals surface area contributed by atoms with Gasteiger partial charge in [-0.2, -0.15) is 0 Å². The lowest BCUT2D eigenvalue weighted by Crippen LogP contribution is -1.92. The summed E-state index contributed by atoms with van der Waals surface area (Å²) in [5.41, 5.74) is 7.15. The predicted octanol–water partition coefficient (Wildman–Crippen LogP) is 2.93. The van der Waals surface area contributed by atoms with Crippen LogP contribution in [0, 0.1) is 0 Å². The van der Waals surface area contributed by atoms with Gasteiger partial charge in [-0.1, -0.05) is 23.9 Å². The Morgan fingerprint density at radius 3 is 2.53 bits per heavy atom. The van der Waals surface area contributed by atoms with Crippen LogP contribution in [-0.2, 0) is 0 Å². The Hall–Kier alpha value is -1.48. The standard InChI is InChI=1S/C12H11NOS/c1-15-12(14)10-3-2-9-7-11(13)5-4-8(9)6-10/h2-7H,13H2,1H3. The molecule has 0 unspecified atom stereocenters. The Balaban J connectivity index is 2.57. The number of hydrogen-bond acceptors (Lipinski definition) is 3. The molecule has 2 rings (SSSR count). The minimum Gasteiger partial charge on any atom is -0.399 e. The van der Waals surface area contributed by atoms with Gasteiger partial charge in [-0.25, -0.2) is 0 Å². The minimum absolute atomic E-state index is 0.0914. The van der Waals surface area contributed by atoms with Crippen LogP contribution < -0.4 is 5.73 Å². The first-order valence-electron chi connectivity index (χ1n) is 4.58. The smallest absolute Gasteiger partial charge is 0.219 e. The number of carbonyl (C=O) groups is 1. The number of anilines is 1. The number of nitrogens with two attached hydrogens (primary N) is 1.